The molecule has 0 aliphatic heterocycles. The highest BCUT2D eigenvalue weighted by molar-refractivity contribution is 5.54. The summed E-state index contributed by atoms with van der Waals surface area (Å²) in [6, 6.07) is 12.2. The highest BCUT2D eigenvalue weighted by Gasteiger charge is 2.30. The van der Waals surface area contributed by atoms with Gasteiger partial charge < -0.3 is 5.32 Å². The number of nitrogens with zero attached hydrogens (tertiary/aromatic N) is 1. The molecule has 3 aromatic rings. The molecule has 0 amide bonds. The number of aromatic nitrogens is 2. The minimum Gasteiger partial charge on any atom is -0.341 e. The normalized spacial score (nSPS) is 10.5. The lowest BCUT2D eigenvalue weighted by atomic mass is 10.2. The van der Waals surface area contributed by atoms with E-state index in [2.05, 4.69) is 44.8 Å². The summed E-state index contributed by atoms with van der Waals surface area (Å²) in [7, 11) is 0. The average Bonchev–Trinajstić information content (AvgIpc) is 3.18. The summed E-state index contributed by atoms with van der Waals surface area (Å²) in [5.74, 6) is 6.35. The molecular weight excluding hydrogens is 367 g/mol. The third-order valence-corrected chi connectivity index (χ3v) is 3.55. The molecule has 5 nitrogen and oxygen atoms in total. The molecule has 142 valence electrons. The molecule has 3 rings (SSSR count). The number of halogens is 3. The molecule has 0 bridgehead atoms. The van der Waals surface area contributed by atoms with Gasteiger partial charge in [0.05, 0.1) is 23.0 Å². The Kier molecular flexibility index (Phi) is 5.56. The first kappa shape index (κ1) is 18.9. The van der Waals surface area contributed by atoms with Crippen molar-refractivity contribution in [2.75, 3.05) is 10.7 Å². The minimum atomic E-state index is -4.40. The van der Waals surface area contributed by atoms with Crippen LogP contribution < -0.4 is 16.2 Å². The fourth-order valence-corrected chi connectivity index (χ4v) is 2.26. The van der Waals surface area contributed by atoms with Crippen molar-refractivity contribution < 1.29 is 13.2 Å². The average molecular weight is 383 g/mol. The number of H-pyrrole nitrogens is 1. The minimum absolute atomic E-state index is 0.262. The molecule has 1 aromatic heterocycles. The molecule has 2 aromatic carbocycles. The second kappa shape index (κ2) is 8.22. The molecule has 0 unspecified atom stereocenters. The first-order valence-electron chi connectivity index (χ1n) is 8.16. The first-order valence-corrected chi connectivity index (χ1v) is 8.16. The number of alkyl halides is 3. The van der Waals surface area contributed by atoms with E-state index in [1.165, 1.54) is 12.1 Å². The zero-order valence-electron chi connectivity index (χ0n) is 14.6. The third-order valence-electron chi connectivity index (χ3n) is 3.55. The van der Waals surface area contributed by atoms with Crippen LogP contribution in [0.5, 0.6) is 0 Å². The van der Waals surface area contributed by atoms with E-state index in [4.69, 9.17) is 0 Å². The fourth-order valence-electron chi connectivity index (χ4n) is 2.26. The molecule has 4 N–H and O–H groups in total. The van der Waals surface area contributed by atoms with Gasteiger partial charge in [0, 0.05) is 17.4 Å². The molecule has 0 aliphatic carbocycles. The lowest BCUT2D eigenvalue weighted by Gasteiger charge is -2.15. The van der Waals surface area contributed by atoms with Gasteiger partial charge in [-0.25, -0.2) is 0 Å². The standard InChI is InChI=1S/C20H16F3N5/c1-14(27-28-19-7-3-5-17(11-19)20(21,22)23)26-18-6-2-4-15(10-18)8-9-16-12-24-25-13-16/h2-7,10-13,26-28H,1H2,(H,24,25). The van der Waals surface area contributed by atoms with E-state index < -0.39 is 11.7 Å². The number of anilines is 2. The van der Waals surface area contributed by atoms with Crippen LogP contribution in [0, 0.1) is 11.8 Å². The van der Waals surface area contributed by atoms with Crippen LogP contribution in [-0.2, 0) is 6.18 Å². The number of hydrogen-bond donors (Lipinski definition) is 4. The van der Waals surface area contributed by atoms with Crippen molar-refractivity contribution in [3.8, 4) is 11.8 Å². The molecule has 1 heterocycles. The number of benzene rings is 2. The molecule has 0 aliphatic rings. The van der Waals surface area contributed by atoms with Gasteiger partial charge in [-0.05, 0) is 36.4 Å². The fraction of sp³-hybridized carbons (Fsp3) is 0.0500. The van der Waals surface area contributed by atoms with E-state index in [0.717, 1.165) is 28.9 Å². The molecule has 0 saturated carbocycles. The van der Waals surface area contributed by atoms with Gasteiger partial charge in [0.2, 0.25) is 0 Å². The molecule has 0 radical (unpaired) electrons. The summed E-state index contributed by atoms with van der Waals surface area (Å²) >= 11 is 0. The van der Waals surface area contributed by atoms with Gasteiger partial charge in [-0.3, -0.25) is 16.0 Å². The summed E-state index contributed by atoms with van der Waals surface area (Å²) in [5, 5.41) is 9.53. The van der Waals surface area contributed by atoms with Gasteiger partial charge in [-0.1, -0.05) is 30.6 Å². The molecule has 8 heteroatoms. The Morgan fingerprint density at radius 3 is 2.50 bits per heavy atom. The maximum Gasteiger partial charge on any atom is 0.416 e. The zero-order chi connectivity index (χ0) is 20.0. The topological polar surface area (TPSA) is 64.8 Å². The highest BCUT2D eigenvalue weighted by atomic mass is 19.4. The molecular formula is C20H16F3N5. The van der Waals surface area contributed by atoms with Crippen LogP contribution in [0.3, 0.4) is 0 Å². The van der Waals surface area contributed by atoms with Crippen LogP contribution in [-0.4, -0.2) is 10.2 Å². The Morgan fingerprint density at radius 2 is 1.75 bits per heavy atom. The van der Waals surface area contributed by atoms with Crippen molar-refractivity contribution in [2.24, 2.45) is 0 Å². The SMILES string of the molecule is C=C(NNc1cccc(C(F)(F)F)c1)Nc1cccc(C#Cc2cn[nH]c2)c1. The van der Waals surface area contributed by atoms with Crippen LogP contribution in [0.2, 0.25) is 0 Å². The molecule has 0 saturated heterocycles. The predicted molar refractivity (Wildman–Crippen MR) is 102 cm³/mol. The summed E-state index contributed by atoms with van der Waals surface area (Å²) in [6.45, 7) is 3.80. The summed E-state index contributed by atoms with van der Waals surface area (Å²) < 4.78 is 38.3. The van der Waals surface area contributed by atoms with E-state index in [1.54, 1.807) is 12.4 Å². The van der Waals surface area contributed by atoms with Crippen LogP contribution in [0.1, 0.15) is 16.7 Å². The van der Waals surface area contributed by atoms with Gasteiger partial charge in [0.15, 0.2) is 0 Å². The molecule has 28 heavy (non-hydrogen) atoms. The maximum absolute atomic E-state index is 12.8. The summed E-state index contributed by atoms with van der Waals surface area (Å²) in [5.41, 5.74) is 7.22. The predicted octanol–water partition coefficient (Wildman–Crippen LogP) is 4.33. The van der Waals surface area contributed by atoms with Crippen molar-refractivity contribution in [1.29, 1.82) is 0 Å². The van der Waals surface area contributed by atoms with Gasteiger partial charge in [-0.2, -0.15) is 18.3 Å². The second-order valence-electron chi connectivity index (χ2n) is 5.75. The van der Waals surface area contributed by atoms with E-state index in [0.29, 0.717) is 5.82 Å². The van der Waals surface area contributed by atoms with Crippen LogP contribution in [0.15, 0.2) is 73.3 Å². The van der Waals surface area contributed by atoms with Gasteiger partial charge >= 0.3 is 6.18 Å². The van der Waals surface area contributed by atoms with Gasteiger partial charge in [0.1, 0.15) is 5.82 Å². The van der Waals surface area contributed by atoms with Gasteiger partial charge in [-0.15, -0.1) is 0 Å². The zero-order valence-corrected chi connectivity index (χ0v) is 14.6. The van der Waals surface area contributed by atoms with Crippen molar-refractivity contribution in [2.45, 2.75) is 6.18 Å². The quantitative estimate of drug-likeness (QED) is 0.391. The van der Waals surface area contributed by atoms with Crippen molar-refractivity contribution in [1.82, 2.24) is 15.6 Å². The van der Waals surface area contributed by atoms with Gasteiger partial charge in [0.25, 0.3) is 0 Å². The van der Waals surface area contributed by atoms with Crippen molar-refractivity contribution >= 4 is 11.4 Å². The van der Waals surface area contributed by atoms with Crippen molar-refractivity contribution in [3.05, 3.63) is 90.0 Å². The van der Waals surface area contributed by atoms with E-state index in [-0.39, 0.29) is 5.69 Å². The number of hydrazine groups is 1. The number of aromatic amines is 1. The Balaban J connectivity index is 1.59. The van der Waals surface area contributed by atoms with Crippen LogP contribution >= 0.6 is 0 Å². The lowest BCUT2D eigenvalue weighted by molar-refractivity contribution is -0.137. The van der Waals surface area contributed by atoms with E-state index in [1.807, 2.05) is 24.3 Å². The largest absolute Gasteiger partial charge is 0.416 e. The summed E-state index contributed by atoms with van der Waals surface area (Å²) in [4.78, 5) is 0. The number of rotatable bonds is 5. The summed E-state index contributed by atoms with van der Waals surface area (Å²) in [6.07, 6.45) is -1.08. The van der Waals surface area contributed by atoms with Crippen molar-refractivity contribution in [3.63, 3.8) is 0 Å². The Morgan fingerprint density at radius 1 is 1.00 bits per heavy atom. The Labute approximate surface area is 159 Å². The molecule has 0 atom stereocenters. The Hall–Kier alpha value is -3.86. The van der Waals surface area contributed by atoms with Crippen LogP contribution in [0.25, 0.3) is 0 Å². The second-order valence-corrected chi connectivity index (χ2v) is 5.75. The van der Waals surface area contributed by atoms with Crippen LogP contribution in [0.4, 0.5) is 24.5 Å². The number of nitrogens with one attached hydrogen (secondary N) is 4. The lowest BCUT2D eigenvalue weighted by Crippen LogP contribution is -2.25. The first-order chi connectivity index (χ1) is 13.4. The molecule has 0 spiro atoms. The number of hydrogen-bond acceptors (Lipinski definition) is 4. The third kappa shape index (κ3) is 5.32. The Bertz CT molecular complexity index is 1010. The molecule has 0 fully saturated rings. The van der Waals surface area contributed by atoms with E-state index >= 15 is 0 Å². The maximum atomic E-state index is 12.8. The van der Waals surface area contributed by atoms with E-state index in [9.17, 15) is 13.2 Å². The monoisotopic (exact) mass is 383 g/mol. The smallest absolute Gasteiger partial charge is 0.341 e. The highest BCUT2D eigenvalue weighted by Crippen LogP contribution is 2.30.